The lowest BCUT2D eigenvalue weighted by molar-refractivity contribution is 0.0513. The Morgan fingerprint density at radius 1 is 1.16 bits per heavy atom. The standard InChI is InChI=1S/C22H23N5O3S/c1-3-30-22(29)19-17-14-26(21(28)16-8-6-11-24-20(16)31-2)12-9-18(17)27(25-19)13-15-7-4-5-10-23-15/h4-8,10-11H,3,9,12-14H2,1-2H3. The van der Waals surface area contributed by atoms with Crippen LogP contribution in [0, 0.1) is 0 Å². The molecule has 8 nitrogen and oxygen atoms in total. The van der Waals surface area contributed by atoms with Crippen molar-refractivity contribution >= 4 is 23.6 Å². The van der Waals surface area contributed by atoms with Crippen molar-refractivity contribution in [2.75, 3.05) is 19.4 Å². The molecule has 0 radical (unpaired) electrons. The third-order valence-corrected chi connectivity index (χ3v) is 5.83. The molecule has 0 spiro atoms. The first-order valence-electron chi connectivity index (χ1n) is 10.1. The van der Waals surface area contributed by atoms with Gasteiger partial charge in [0.25, 0.3) is 5.91 Å². The molecule has 0 fully saturated rings. The average molecular weight is 438 g/mol. The number of aromatic nitrogens is 4. The molecule has 9 heteroatoms. The number of esters is 1. The number of hydrogen-bond donors (Lipinski definition) is 0. The number of carbonyl (C=O) groups is 2. The summed E-state index contributed by atoms with van der Waals surface area (Å²) in [6.07, 6.45) is 5.90. The van der Waals surface area contributed by atoms with E-state index in [0.717, 1.165) is 17.0 Å². The minimum atomic E-state index is -0.473. The molecule has 0 aliphatic carbocycles. The van der Waals surface area contributed by atoms with Crippen LogP contribution in [0.5, 0.6) is 0 Å². The summed E-state index contributed by atoms with van der Waals surface area (Å²) < 4.78 is 7.04. The van der Waals surface area contributed by atoms with E-state index in [1.165, 1.54) is 11.8 Å². The van der Waals surface area contributed by atoms with Crippen LogP contribution in [-0.4, -0.2) is 55.9 Å². The lowest BCUT2D eigenvalue weighted by Crippen LogP contribution is -2.37. The Bertz CT molecular complexity index is 1100. The fourth-order valence-electron chi connectivity index (χ4n) is 3.69. The van der Waals surface area contributed by atoms with Gasteiger partial charge in [0.15, 0.2) is 5.69 Å². The monoisotopic (exact) mass is 437 g/mol. The van der Waals surface area contributed by atoms with Crippen LogP contribution in [0.4, 0.5) is 0 Å². The van der Waals surface area contributed by atoms with Crippen LogP contribution in [0.3, 0.4) is 0 Å². The summed E-state index contributed by atoms with van der Waals surface area (Å²) in [6, 6.07) is 9.24. The van der Waals surface area contributed by atoms with E-state index < -0.39 is 5.97 Å². The van der Waals surface area contributed by atoms with E-state index in [4.69, 9.17) is 4.74 Å². The molecule has 4 heterocycles. The van der Waals surface area contributed by atoms with Gasteiger partial charge >= 0.3 is 5.97 Å². The van der Waals surface area contributed by atoms with Gasteiger partial charge in [-0.05, 0) is 37.4 Å². The van der Waals surface area contributed by atoms with Crippen molar-refractivity contribution in [3.8, 4) is 0 Å². The molecule has 3 aromatic rings. The Morgan fingerprint density at radius 3 is 2.74 bits per heavy atom. The van der Waals surface area contributed by atoms with Crippen molar-refractivity contribution in [2.24, 2.45) is 0 Å². The molecule has 0 saturated heterocycles. The number of pyridine rings is 2. The largest absolute Gasteiger partial charge is 0.461 e. The molecule has 0 saturated carbocycles. The Balaban J connectivity index is 1.67. The minimum absolute atomic E-state index is 0.101. The molecule has 160 valence electrons. The van der Waals surface area contributed by atoms with E-state index in [9.17, 15) is 9.59 Å². The average Bonchev–Trinajstić information content (AvgIpc) is 3.17. The maximum absolute atomic E-state index is 13.2. The van der Waals surface area contributed by atoms with Crippen LogP contribution in [0.15, 0.2) is 47.8 Å². The molecule has 0 N–H and O–H groups in total. The minimum Gasteiger partial charge on any atom is -0.461 e. The molecular formula is C22H23N5O3S. The maximum atomic E-state index is 13.2. The Kier molecular flexibility index (Phi) is 6.31. The summed E-state index contributed by atoms with van der Waals surface area (Å²) in [5.41, 5.74) is 3.36. The van der Waals surface area contributed by atoms with Gasteiger partial charge in [-0.3, -0.25) is 14.5 Å². The van der Waals surface area contributed by atoms with Crippen molar-refractivity contribution in [1.29, 1.82) is 0 Å². The topological polar surface area (TPSA) is 90.2 Å². The summed E-state index contributed by atoms with van der Waals surface area (Å²) in [7, 11) is 0. The van der Waals surface area contributed by atoms with Crippen molar-refractivity contribution in [2.45, 2.75) is 31.5 Å². The van der Waals surface area contributed by atoms with Gasteiger partial charge in [-0.2, -0.15) is 5.10 Å². The number of carbonyl (C=O) groups excluding carboxylic acids is 2. The smallest absolute Gasteiger partial charge is 0.359 e. The summed E-state index contributed by atoms with van der Waals surface area (Å²) in [4.78, 5) is 36.2. The molecule has 1 amide bonds. The second-order valence-electron chi connectivity index (χ2n) is 7.01. The maximum Gasteiger partial charge on any atom is 0.359 e. The Hall–Kier alpha value is -3.20. The molecule has 0 unspecified atom stereocenters. The van der Waals surface area contributed by atoms with E-state index >= 15 is 0 Å². The molecular weight excluding hydrogens is 414 g/mol. The highest BCUT2D eigenvalue weighted by Gasteiger charge is 2.32. The lowest BCUT2D eigenvalue weighted by atomic mass is 10.0. The Morgan fingerprint density at radius 2 is 2.00 bits per heavy atom. The molecule has 31 heavy (non-hydrogen) atoms. The summed E-state index contributed by atoms with van der Waals surface area (Å²) in [5, 5.41) is 5.24. The fraction of sp³-hybridized carbons (Fsp3) is 0.318. The van der Waals surface area contributed by atoms with E-state index in [1.54, 1.807) is 36.4 Å². The quantitative estimate of drug-likeness (QED) is 0.433. The van der Waals surface area contributed by atoms with Gasteiger partial charge in [0.05, 0.1) is 31.0 Å². The van der Waals surface area contributed by atoms with Crippen LogP contribution < -0.4 is 0 Å². The van der Waals surface area contributed by atoms with Crippen LogP contribution in [0.2, 0.25) is 0 Å². The van der Waals surface area contributed by atoms with Crippen molar-refractivity contribution in [1.82, 2.24) is 24.6 Å². The van der Waals surface area contributed by atoms with E-state index in [2.05, 4.69) is 15.1 Å². The van der Waals surface area contributed by atoms with Crippen LogP contribution in [0.1, 0.15) is 44.7 Å². The van der Waals surface area contributed by atoms with Gasteiger partial charge in [0.2, 0.25) is 0 Å². The van der Waals surface area contributed by atoms with Crippen LogP contribution in [0.25, 0.3) is 0 Å². The highest BCUT2D eigenvalue weighted by Crippen LogP contribution is 2.27. The number of ether oxygens (including phenoxy) is 1. The Labute approximate surface area is 184 Å². The zero-order valence-electron chi connectivity index (χ0n) is 17.4. The predicted molar refractivity (Wildman–Crippen MR) is 116 cm³/mol. The van der Waals surface area contributed by atoms with Crippen molar-refractivity contribution in [3.63, 3.8) is 0 Å². The number of amides is 1. The molecule has 0 bridgehead atoms. The summed E-state index contributed by atoms with van der Waals surface area (Å²) in [5.74, 6) is -0.575. The number of fused-ring (bicyclic) bond motifs is 1. The zero-order valence-corrected chi connectivity index (χ0v) is 18.3. The van der Waals surface area contributed by atoms with E-state index in [1.807, 2.05) is 29.1 Å². The molecule has 0 atom stereocenters. The fourth-order valence-corrected chi connectivity index (χ4v) is 4.23. The van der Waals surface area contributed by atoms with E-state index in [0.29, 0.717) is 36.6 Å². The first kappa shape index (κ1) is 21.0. The second-order valence-corrected chi connectivity index (χ2v) is 7.80. The molecule has 1 aliphatic heterocycles. The van der Waals surface area contributed by atoms with Gasteiger partial charge in [-0.15, -0.1) is 11.8 Å². The zero-order chi connectivity index (χ0) is 21.8. The van der Waals surface area contributed by atoms with Crippen molar-refractivity contribution < 1.29 is 14.3 Å². The summed E-state index contributed by atoms with van der Waals surface area (Å²) >= 11 is 1.44. The van der Waals surface area contributed by atoms with Crippen molar-refractivity contribution in [3.05, 3.63) is 70.9 Å². The van der Waals surface area contributed by atoms with Gasteiger partial charge in [-0.1, -0.05) is 6.07 Å². The van der Waals surface area contributed by atoms with E-state index in [-0.39, 0.29) is 18.2 Å². The van der Waals surface area contributed by atoms with Gasteiger partial charge in [-0.25, -0.2) is 9.78 Å². The van der Waals surface area contributed by atoms with Gasteiger partial charge in [0, 0.05) is 36.6 Å². The molecule has 4 rings (SSSR count). The highest BCUT2D eigenvalue weighted by atomic mass is 32.2. The normalized spacial score (nSPS) is 13.0. The number of thioether (sulfide) groups is 1. The van der Waals surface area contributed by atoms with Crippen LogP contribution >= 0.6 is 11.8 Å². The molecule has 3 aromatic heterocycles. The second kappa shape index (κ2) is 9.30. The first-order valence-corrected chi connectivity index (χ1v) is 11.3. The van der Waals surface area contributed by atoms with Crippen LogP contribution in [-0.2, 0) is 24.2 Å². The predicted octanol–water partition coefficient (Wildman–Crippen LogP) is 2.82. The summed E-state index contributed by atoms with van der Waals surface area (Å²) in [6.45, 7) is 3.31. The number of nitrogens with zero attached hydrogens (tertiary/aromatic N) is 5. The van der Waals surface area contributed by atoms with Gasteiger partial charge in [0.1, 0.15) is 5.03 Å². The SMILES string of the molecule is CCOC(=O)c1nn(Cc2ccccn2)c2c1CN(C(=O)c1cccnc1SC)CC2. The lowest BCUT2D eigenvalue weighted by Gasteiger charge is -2.28. The highest BCUT2D eigenvalue weighted by molar-refractivity contribution is 7.98. The van der Waals surface area contributed by atoms with Gasteiger partial charge < -0.3 is 9.64 Å². The number of hydrogen-bond acceptors (Lipinski definition) is 7. The third kappa shape index (κ3) is 4.32. The number of rotatable bonds is 6. The third-order valence-electron chi connectivity index (χ3n) is 5.12. The molecule has 0 aromatic carbocycles. The molecule has 1 aliphatic rings. The first-order chi connectivity index (χ1) is 15.1.